The van der Waals surface area contributed by atoms with E-state index in [1.807, 2.05) is 12.1 Å². The zero-order valence-corrected chi connectivity index (χ0v) is 12.2. The van der Waals surface area contributed by atoms with Crippen LogP contribution in [0.15, 0.2) is 18.2 Å². The van der Waals surface area contributed by atoms with Crippen molar-refractivity contribution in [2.75, 3.05) is 30.4 Å². The van der Waals surface area contributed by atoms with Crippen molar-refractivity contribution in [1.82, 2.24) is 4.31 Å². The molecule has 6 nitrogen and oxygen atoms in total. The van der Waals surface area contributed by atoms with Gasteiger partial charge in [-0.2, -0.15) is 5.26 Å². The minimum absolute atomic E-state index is 0.223. The summed E-state index contributed by atoms with van der Waals surface area (Å²) in [4.78, 5) is 0. The van der Waals surface area contributed by atoms with Crippen LogP contribution in [0.3, 0.4) is 0 Å². The normalized spacial score (nSPS) is 17.6. The van der Waals surface area contributed by atoms with E-state index in [1.54, 1.807) is 12.1 Å². The molecule has 1 aromatic carbocycles. The molecule has 2 rings (SSSR count). The number of nitrogens with two attached hydrogens (primary N) is 1. The van der Waals surface area contributed by atoms with E-state index < -0.39 is 10.0 Å². The predicted molar refractivity (Wildman–Crippen MR) is 78.6 cm³/mol. The lowest BCUT2D eigenvalue weighted by molar-refractivity contribution is 0.332. The van der Waals surface area contributed by atoms with Crippen LogP contribution in [-0.4, -0.2) is 38.1 Å². The van der Waals surface area contributed by atoms with Crippen molar-refractivity contribution >= 4 is 21.4 Å². The van der Waals surface area contributed by atoms with Crippen LogP contribution in [-0.2, 0) is 10.0 Å². The molecule has 0 radical (unpaired) electrons. The largest absolute Gasteiger partial charge is 0.398 e. The van der Waals surface area contributed by atoms with Gasteiger partial charge in [-0.1, -0.05) is 0 Å². The van der Waals surface area contributed by atoms with E-state index >= 15 is 0 Å². The van der Waals surface area contributed by atoms with Crippen LogP contribution < -0.4 is 11.1 Å². The van der Waals surface area contributed by atoms with Gasteiger partial charge in [0.25, 0.3) is 0 Å². The number of nitriles is 1. The number of benzene rings is 1. The highest BCUT2D eigenvalue weighted by atomic mass is 32.2. The van der Waals surface area contributed by atoms with Gasteiger partial charge in [0.05, 0.1) is 17.5 Å². The van der Waals surface area contributed by atoms with E-state index in [1.165, 1.54) is 10.6 Å². The fourth-order valence-electron chi connectivity index (χ4n) is 2.32. The third-order valence-corrected chi connectivity index (χ3v) is 4.77. The van der Waals surface area contributed by atoms with Gasteiger partial charge in [-0.05, 0) is 31.0 Å². The number of sulfonamides is 1. The van der Waals surface area contributed by atoms with Gasteiger partial charge in [-0.15, -0.1) is 0 Å². The third-order valence-electron chi connectivity index (χ3n) is 3.47. The Bertz CT molecular complexity index is 628. The highest BCUT2D eigenvalue weighted by molar-refractivity contribution is 7.88. The Balaban J connectivity index is 1.96. The van der Waals surface area contributed by atoms with Gasteiger partial charge in [0.2, 0.25) is 10.0 Å². The number of hydrogen-bond donors (Lipinski definition) is 2. The molecule has 1 aliphatic heterocycles. The zero-order valence-electron chi connectivity index (χ0n) is 11.3. The summed E-state index contributed by atoms with van der Waals surface area (Å²) >= 11 is 0. The standard InChI is InChI=1S/C13H18N4O2S/c1-20(18,19)17-6-4-11(5-7-17)16-12-3-2-10(9-14)13(15)8-12/h2-3,8,11,16H,4-7,15H2,1H3. The van der Waals surface area contributed by atoms with Crippen molar-refractivity contribution < 1.29 is 8.42 Å². The predicted octanol–water partition coefficient (Wildman–Crippen LogP) is 0.976. The first-order valence-corrected chi connectivity index (χ1v) is 8.26. The lowest BCUT2D eigenvalue weighted by Gasteiger charge is -2.31. The first kappa shape index (κ1) is 14.6. The molecule has 0 aromatic heterocycles. The molecule has 1 aliphatic rings. The number of nitrogens with one attached hydrogen (secondary N) is 1. The summed E-state index contributed by atoms with van der Waals surface area (Å²) in [6.45, 7) is 1.06. The Morgan fingerprint density at radius 2 is 2.05 bits per heavy atom. The minimum Gasteiger partial charge on any atom is -0.398 e. The molecule has 1 saturated heterocycles. The lowest BCUT2D eigenvalue weighted by atomic mass is 10.1. The van der Waals surface area contributed by atoms with Gasteiger partial charge in [0, 0.05) is 24.8 Å². The molecule has 1 fully saturated rings. The van der Waals surface area contributed by atoms with Crippen LogP contribution in [0.5, 0.6) is 0 Å². The lowest BCUT2D eigenvalue weighted by Crippen LogP contribution is -2.41. The van der Waals surface area contributed by atoms with E-state index in [4.69, 9.17) is 11.0 Å². The van der Waals surface area contributed by atoms with Crippen LogP contribution in [0.1, 0.15) is 18.4 Å². The Morgan fingerprint density at radius 3 is 2.55 bits per heavy atom. The summed E-state index contributed by atoms with van der Waals surface area (Å²) in [7, 11) is -3.09. The molecule has 108 valence electrons. The van der Waals surface area contributed by atoms with Crippen LogP contribution in [0.25, 0.3) is 0 Å². The number of rotatable bonds is 3. The highest BCUT2D eigenvalue weighted by Crippen LogP contribution is 2.21. The van der Waals surface area contributed by atoms with Crippen LogP contribution in [0, 0.1) is 11.3 Å². The first-order valence-electron chi connectivity index (χ1n) is 6.41. The Hall–Kier alpha value is -1.78. The van der Waals surface area contributed by atoms with E-state index in [9.17, 15) is 8.42 Å². The molecule has 0 aliphatic carbocycles. The quantitative estimate of drug-likeness (QED) is 0.809. The summed E-state index contributed by atoms with van der Waals surface area (Å²) in [6.07, 6.45) is 2.75. The maximum absolute atomic E-state index is 11.4. The number of nitrogen functional groups attached to an aromatic ring is 1. The number of hydrogen-bond acceptors (Lipinski definition) is 5. The first-order chi connectivity index (χ1) is 9.40. The van der Waals surface area contributed by atoms with Gasteiger partial charge >= 0.3 is 0 Å². The fraction of sp³-hybridized carbons (Fsp3) is 0.462. The highest BCUT2D eigenvalue weighted by Gasteiger charge is 2.24. The van der Waals surface area contributed by atoms with Gasteiger partial charge in [0.1, 0.15) is 6.07 Å². The smallest absolute Gasteiger partial charge is 0.211 e. The molecule has 1 heterocycles. The Labute approximate surface area is 119 Å². The molecule has 7 heteroatoms. The molecule has 3 N–H and O–H groups in total. The fourth-order valence-corrected chi connectivity index (χ4v) is 3.20. The van der Waals surface area contributed by atoms with Crippen molar-refractivity contribution in [3.8, 4) is 6.07 Å². The topological polar surface area (TPSA) is 99.2 Å². The van der Waals surface area contributed by atoms with E-state index in [0.29, 0.717) is 24.3 Å². The zero-order chi connectivity index (χ0) is 14.8. The summed E-state index contributed by atoms with van der Waals surface area (Å²) in [5.41, 5.74) is 7.54. The second kappa shape index (κ2) is 5.69. The van der Waals surface area contributed by atoms with Gasteiger partial charge in [-0.25, -0.2) is 12.7 Å². The Morgan fingerprint density at radius 1 is 1.40 bits per heavy atom. The summed E-state index contributed by atoms with van der Waals surface area (Å²) in [6, 6.07) is 7.48. The van der Waals surface area contributed by atoms with E-state index in [-0.39, 0.29) is 6.04 Å². The van der Waals surface area contributed by atoms with Crippen LogP contribution >= 0.6 is 0 Å². The van der Waals surface area contributed by atoms with Crippen LogP contribution in [0.2, 0.25) is 0 Å². The van der Waals surface area contributed by atoms with Crippen LogP contribution in [0.4, 0.5) is 11.4 Å². The molecule has 0 atom stereocenters. The number of anilines is 2. The maximum atomic E-state index is 11.4. The van der Waals surface area contributed by atoms with Crippen molar-refractivity contribution in [1.29, 1.82) is 5.26 Å². The van der Waals surface area contributed by atoms with E-state index in [0.717, 1.165) is 18.5 Å². The average Bonchev–Trinajstić information content (AvgIpc) is 2.38. The van der Waals surface area contributed by atoms with Crippen molar-refractivity contribution in [3.05, 3.63) is 23.8 Å². The minimum atomic E-state index is -3.09. The SMILES string of the molecule is CS(=O)(=O)N1CCC(Nc2ccc(C#N)c(N)c2)CC1. The summed E-state index contributed by atoms with van der Waals surface area (Å²) in [5, 5.41) is 12.2. The monoisotopic (exact) mass is 294 g/mol. The molecule has 20 heavy (non-hydrogen) atoms. The van der Waals surface area contributed by atoms with Gasteiger partial charge in [0.15, 0.2) is 0 Å². The van der Waals surface area contributed by atoms with Crippen molar-refractivity contribution in [2.24, 2.45) is 0 Å². The molecule has 0 amide bonds. The number of nitrogens with zero attached hydrogens (tertiary/aromatic N) is 2. The molecule has 0 saturated carbocycles. The molecular formula is C13H18N4O2S. The Kier molecular flexibility index (Phi) is 4.16. The van der Waals surface area contributed by atoms with Gasteiger partial charge < -0.3 is 11.1 Å². The molecule has 0 bridgehead atoms. The average molecular weight is 294 g/mol. The third kappa shape index (κ3) is 3.40. The number of piperidine rings is 1. The maximum Gasteiger partial charge on any atom is 0.211 e. The van der Waals surface area contributed by atoms with Crippen molar-refractivity contribution in [3.63, 3.8) is 0 Å². The molecule has 0 spiro atoms. The molecule has 0 unspecified atom stereocenters. The summed E-state index contributed by atoms with van der Waals surface area (Å²) < 4.78 is 24.3. The van der Waals surface area contributed by atoms with Crippen molar-refractivity contribution in [2.45, 2.75) is 18.9 Å². The summed E-state index contributed by atoms with van der Waals surface area (Å²) in [5.74, 6) is 0. The molecular weight excluding hydrogens is 276 g/mol. The molecule has 1 aromatic rings. The van der Waals surface area contributed by atoms with E-state index in [2.05, 4.69) is 5.32 Å². The second-order valence-corrected chi connectivity index (χ2v) is 6.98. The van der Waals surface area contributed by atoms with Gasteiger partial charge in [-0.3, -0.25) is 0 Å². The second-order valence-electron chi connectivity index (χ2n) is 4.99.